The van der Waals surface area contributed by atoms with Crippen molar-refractivity contribution in [2.24, 2.45) is 27.8 Å². The molecule has 0 aromatic carbocycles. The maximum atomic E-state index is 12.3. The van der Waals surface area contributed by atoms with E-state index in [4.69, 9.17) is 17.3 Å². The van der Waals surface area contributed by atoms with Crippen LogP contribution in [0.2, 0.25) is 0 Å². The smallest absolute Gasteiger partial charge is 0.243 e. The van der Waals surface area contributed by atoms with Gasteiger partial charge in [-0.15, -0.1) is 0 Å². The molecule has 4 amide bonds. The fourth-order valence-corrected chi connectivity index (χ4v) is 1.64. The van der Waals surface area contributed by atoms with Crippen molar-refractivity contribution in [2.45, 2.75) is 52.3 Å². The molecule has 27 heavy (non-hydrogen) atoms. The summed E-state index contributed by atoms with van der Waals surface area (Å²) in [6, 6.07) is -1.74. The molecule has 3 unspecified atom stereocenters. The number of nitrogens with zero attached hydrogens (tertiary/aromatic N) is 1. The lowest BCUT2D eigenvalue weighted by molar-refractivity contribution is -0.141. The van der Waals surface area contributed by atoms with E-state index in [0.29, 0.717) is 0 Å². The number of amidine groups is 1. The van der Waals surface area contributed by atoms with Gasteiger partial charge in [-0.2, -0.15) is 5.10 Å². The molecule has 0 rings (SSSR count). The summed E-state index contributed by atoms with van der Waals surface area (Å²) in [6.45, 7) is 5.29. The van der Waals surface area contributed by atoms with E-state index >= 15 is 0 Å². The monoisotopic (exact) mass is 387 g/mol. The molecule has 0 heterocycles. The van der Waals surface area contributed by atoms with Gasteiger partial charge >= 0.3 is 0 Å². The van der Waals surface area contributed by atoms with Crippen molar-refractivity contribution in [3.63, 3.8) is 0 Å². The summed E-state index contributed by atoms with van der Waals surface area (Å²) >= 11 is 0. The van der Waals surface area contributed by atoms with Gasteiger partial charge in [-0.1, -0.05) is 0 Å². The van der Waals surface area contributed by atoms with E-state index in [-0.39, 0.29) is 12.3 Å². The molecule has 0 aliphatic rings. The fraction of sp³-hybridized carbons (Fsp3) is 0.667. The molecule has 10 N–H and O–H groups in total. The van der Waals surface area contributed by atoms with Crippen LogP contribution in [0.3, 0.4) is 0 Å². The highest BCUT2D eigenvalue weighted by molar-refractivity contribution is 6.05. The van der Waals surface area contributed by atoms with Crippen LogP contribution in [0.1, 0.15) is 34.1 Å². The Labute approximate surface area is 157 Å². The second kappa shape index (κ2) is 10.3. The first kappa shape index (κ1) is 24.1. The lowest BCUT2D eigenvalue weighted by Gasteiger charge is -2.24. The molecule has 0 radical (unpaired) electrons. The number of amides is 4. The van der Waals surface area contributed by atoms with Crippen LogP contribution in [0.15, 0.2) is 5.10 Å². The third kappa shape index (κ3) is 7.90. The Kier molecular flexibility index (Phi) is 9.20. The molecule has 0 aromatic heterocycles. The zero-order valence-electron chi connectivity index (χ0n) is 15.9. The van der Waals surface area contributed by atoms with Crippen LogP contribution in [0, 0.1) is 5.41 Å². The van der Waals surface area contributed by atoms with E-state index in [2.05, 4.69) is 21.1 Å². The number of nitrogens with two attached hydrogens (primary N) is 3. The normalized spacial score (nSPS) is 15.2. The summed E-state index contributed by atoms with van der Waals surface area (Å²) in [5, 5.41) is 19.7. The molecule has 0 saturated heterocycles. The van der Waals surface area contributed by atoms with Crippen LogP contribution < -0.4 is 33.3 Å². The van der Waals surface area contributed by atoms with E-state index in [9.17, 15) is 24.3 Å². The Morgan fingerprint density at radius 1 is 1.11 bits per heavy atom. The zero-order valence-corrected chi connectivity index (χ0v) is 15.9. The molecular weight excluding hydrogens is 358 g/mol. The summed E-state index contributed by atoms with van der Waals surface area (Å²) in [5.41, 5.74) is 9.11. The molecule has 154 valence electrons. The van der Waals surface area contributed by atoms with Crippen molar-refractivity contribution in [3.05, 3.63) is 0 Å². The van der Waals surface area contributed by atoms with Gasteiger partial charge in [0.15, 0.2) is 0 Å². The maximum Gasteiger partial charge on any atom is 0.243 e. The molecule has 0 bridgehead atoms. The number of hydrogen-bond donors (Lipinski definition) is 7. The topological polar surface area (TPSA) is 215 Å². The predicted molar refractivity (Wildman–Crippen MR) is 97.6 cm³/mol. The third-order valence-electron chi connectivity index (χ3n) is 3.92. The largest absolute Gasteiger partial charge is 0.391 e. The number of rotatable bonds is 10. The highest BCUT2D eigenvalue weighted by atomic mass is 16.3. The van der Waals surface area contributed by atoms with Gasteiger partial charge in [0.05, 0.1) is 18.7 Å². The number of hydrazone groups is 1. The van der Waals surface area contributed by atoms with Gasteiger partial charge in [-0.25, -0.2) is 0 Å². The quantitative estimate of drug-likeness (QED) is 0.0662. The summed E-state index contributed by atoms with van der Waals surface area (Å²) in [5.74, 6) is 1.96. The van der Waals surface area contributed by atoms with Gasteiger partial charge in [-0.3, -0.25) is 19.2 Å². The SMILES string of the molecule is CC(O)C(C)NC(=O)CNC(=O)C(C/C(N)=N/N)NC(=O)C(C)(C)C(N)=O. The molecule has 3 atom stereocenters. The van der Waals surface area contributed by atoms with Crippen LogP contribution in [-0.2, 0) is 19.2 Å². The van der Waals surface area contributed by atoms with Crippen molar-refractivity contribution in [3.8, 4) is 0 Å². The molecule has 12 nitrogen and oxygen atoms in total. The number of aliphatic hydroxyl groups excluding tert-OH is 1. The maximum absolute atomic E-state index is 12.3. The number of aliphatic hydroxyl groups is 1. The lowest BCUT2D eigenvalue weighted by atomic mass is 9.91. The van der Waals surface area contributed by atoms with Gasteiger partial charge in [0.1, 0.15) is 17.3 Å². The average Bonchev–Trinajstić information content (AvgIpc) is 2.58. The summed E-state index contributed by atoms with van der Waals surface area (Å²) in [7, 11) is 0. The van der Waals surface area contributed by atoms with E-state index in [1.165, 1.54) is 20.8 Å². The first-order valence-corrected chi connectivity index (χ1v) is 8.21. The second-order valence-electron chi connectivity index (χ2n) is 6.65. The first-order valence-electron chi connectivity index (χ1n) is 8.21. The van der Waals surface area contributed by atoms with E-state index in [1.807, 2.05) is 0 Å². The molecule has 0 aliphatic heterocycles. The zero-order chi connectivity index (χ0) is 21.4. The first-order chi connectivity index (χ1) is 12.3. The fourth-order valence-electron chi connectivity index (χ4n) is 1.64. The third-order valence-corrected chi connectivity index (χ3v) is 3.92. The second-order valence-corrected chi connectivity index (χ2v) is 6.65. The van der Waals surface area contributed by atoms with E-state index in [1.54, 1.807) is 6.92 Å². The minimum Gasteiger partial charge on any atom is -0.391 e. The molecular formula is C15H29N7O5. The van der Waals surface area contributed by atoms with Crippen LogP contribution in [0.4, 0.5) is 0 Å². The predicted octanol–water partition coefficient (Wildman–Crippen LogP) is -3.39. The Morgan fingerprint density at radius 2 is 1.67 bits per heavy atom. The molecule has 0 spiro atoms. The van der Waals surface area contributed by atoms with Gasteiger partial charge in [-0.05, 0) is 27.7 Å². The van der Waals surface area contributed by atoms with Gasteiger partial charge in [0, 0.05) is 6.42 Å². The molecule has 0 fully saturated rings. The van der Waals surface area contributed by atoms with Crippen LogP contribution in [0.25, 0.3) is 0 Å². The number of nitrogens with one attached hydrogen (secondary N) is 3. The minimum absolute atomic E-state index is 0.125. The van der Waals surface area contributed by atoms with E-state index < -0.39 is 53.8 Å². The lowest BCUT2D eigenvalue weighted by Crippen LogP contribution is -2.55. The van der Waals surface area contributed by atoms with Crippen LogP contribution in [0.5, 0.6) is 0 Å². The van der Waals surface area contributed by atoms with Gasteiger partial charge in [0.25, 0.3) is 0 Å². The summed E-state index contributed by atoms with van der Waals surface area (Å²) in [6.07, 6.45) is -1.01. The van der Waals surface area contributed by atoms with Crippen molar-refractivity contribution in [1.29, 1.82) is 0 Å². The highest BCUT2D eigenvalue weighted by Crippen LogP contribution is 2.14. The Hall–Kier alpha value is -2.89. The minimum atomic E-state index is -1.57. The van der Waals surface area contributed by atoms with Crippen molar-refractivity contribution < 1.29 is 24.3 Å². The highest BCUT2D eigenvalue weighted by Gasteiger charge is 2.36. The van der Waals surface area contributed by atoms with E-state index in [0.717, 1.165) is 0 Å². The average molecular weight is 387 g/mol. The van der Waals surface area contributed by atoms with Crippen LogP contribution >= 0.6 is 0 Å². The summed E-state index contributed by atoms with van der Waals surface area (Å²) < 4.78 is 0. The Bertz CT molecular complexity index is 603. The Balaban J connectivity index is 5.03. The number of hydrogen-bond acceptors (Lipinski definition) is 7. The molecule has 12 heteroatoms. The van der Waals surface area contributed by atoms with Gasteiger partial charge < -0.3 is 38.4 Å². The molecule has 0 aliphatic carbocycles. The summed E-state index contributed by atoms with van der Waals surface area (Å²) in [4.78, 5) is 47.7. The van der Waals surface area contributed by atoms with Crippen molar-refractivity contribution in [1.82, 2.24) is 16.0 Å². The van der Waals surface area contributed by atoms with Crippen molar-refractivity contribution >= 4 is 29.5 Å². The van der Waals surface area contributed by atoms with Crippen LogP contribution in [-0.4, -0.2) is 59.3 Å². The molecule has 0 saturated carbocycles. The number of primary amides is 1. The number of carbonyl (C=O) groups excluding carboxylic acids is 4. The standard InChI is InChI=1S/C15H29N7O5/c1-7(8(2)23)20-11(24)6-19-12(25)9(5-10(16)22-18)21-14(27)15(3,4)13(17)26/h7-9,23H,5-6,18H2,1-4H3,(H2,16,22)(H2,17,26)(H,19,25)(H,20,24)(H,21,27). The molecule has 0 aromatic rings. The van der Waals surface area contributed by atoms with Gasteiger partial charge in [0.2, 0.25) is 23.6 Å². The number of carbonyl (C=O) groups is 4. The Morgan fingerprint density at radius 3 is 2.11 bits per heavy atom. The van der Waals surface area contributed by atoms with Crippen molar-refractivity contribution in [2.75, 3.05) is 6.54 Å².